The van der Waals surface area contributed by atoms with Crippen LogP contribution in [0.25, 0.3) is 6.08 Å². The van der Waals surface area contributed by atoms with E-state index in [1.807, 2.05) is 18.2 Å². The second-order valence-corrected chi connectivity index (χ2v) is 3.99. The van der Waals surface area contributed by atoms with E-state index >= 15 is 0 Å². The summed E-state index contributed by atoms with van der Waals surface area (Å²) in [5.74, 6) is 0. The fraction of sp³-hybridized carbons (Fsp3) is 0.467. The highest BCUT2D eigenvalue weighted by atomic mass is 16.5. The Bertz CT molecular complexity index is 295. The minimum absolute atomic E-state index is 0.697. The normalized spacial score (nSPS) is 11.1. The lowest BCUT2D eigenvalue weighted by atomic mass is 10.2. The molecule has 0 unspecified atom stereocenters. The summed E-state index contributed by atoms with van der Waals surface area (Å²) < 4.78 is 5.51. The van der Waals surface area contributed by atoms with Gasteiger partial charge in [-0.1, -0.05) is 49.4 Å². The molecule has 2 heteroatoms. The Kier molecular flexibility index (Phi) is 8.25. The molecule has 0 heterocycles. The molecule has 1 rings (SSSR count). The van der Waals surface area contributed by atoms with Crippen LogP contribution in [0.1, 0.15) is 25.3 Å². The van der Waals surface area contributed by atoms with Gasteiger partial charge < -0.3 is 10.1 Å². The van der Waals surface area contributed by atoms with Gasteiger partial charge in [0.15, 0.2) is 0 Å². The lowest BCUT2D eigenvalue weighted by molar-refractivity contribution is 0.159. The molecule has 1 aromatic rings. The molecule has 0 aliphatic heterocycles. The summed E-state index contributed by atoms with van der Waals surface area (Å²) in [4.78, 5) is 0. The summed E-state index contributed by atoms with van der Waals surface area (Å²) in [5, 5.41) is 3.35. The van der Waals surface area contributed by atoms with Crippen molar-refractivity contribution < 1.29 is 4.74 Å². The predicted octanol–water partition coefficient (Wildman–Crippen LogP) is 3.11. The van der Waals surface area contributed by atoms with Crippen molar-refractivity contribution in [2.75, 3.05) is 26.3 Å². The first-order valence-electron chi connectivity index (χ1n) is 6.43. The third-order valence-corrected chi connectivity index (χ3v) is 2.39. The number of rotatable bonds is 9. The SMILES string of the molecule is CCCNCCCOCC=Cc1ccccc1. The molecular weight excluding hydrogens is 210 g/mol. The Labute approximate surface area is 105 Å². The van der Waals surface area contributed by atoms with E-state index in [1.165, 1.54) is 12.0 Å². The zero-order valence-corrected chi connectivity index (χ0v) is 10.7. The molecule has 17 heavy (non-hydrogen) atoms. The van der Waals surface area contributed by atoms with Crippen LogP contribution >= 0.6 is 0 Å². The van der Waals surface area contributed by atoms with Crippen molar-refractivity contribution in [2.45, 2.75) is 19.8 Å². The summed E-state index contributed by atoms with van der Waals surface area (Å²) in [7, 11) is 0. The van der Waals surface area contributed by atoms with Crippen molar-refractivity contribution in [1.82, 2.24) is 5.32 Å². The van der Waals surface area contributed by atoms with E-state index in [1.54, 1.807) is 0 Å². The van der Waals surface area contributed by atoms with Crippen molar-refractivity contribution >= 4 is 6.08 Å². The molecule has 1 N–H and O–H groups in total. The number of benzene rings is 1. The van der Waals surface area contributed by atoms with Crippen LogP contribution in [0, 0.1) is 0 Å². The Morgan fingerprint density at radius 2 is 2.00 bits per heavy atom. The van der Waals surface area contributed by atoms with Gasteiger partial charge in [0.05, 0.1) is 6.61 Å². The first-order chi connectivity index (χ1) is 8.43. The quantitative estimate of drug-likeness (QED) is 0.662. The van der Waals surface area contributed by atoms with E-state index in [9.17, 15) is 0 Å². The van der Waals surface area contributed by atoms with Crippen LogP contribution < -0.4 is 5.32 Å². The molecule has 0 amide bonds. The van der Waals surface area contributed by atoms with E-state index in [2.05, 4.69) is 36.5 Å². The van der Waals surface area contributed by atoms with Gasteiger partial charge in [-0.2, -0.15) is 0 Å². The van der Waals surface area contributed by atoms with Gasteiger partial charge in [0.2, 0.25) is 0 Å². The average molecular weight is 233 g/mol. The highest BCUT2D eigenvalue weighted by Gasteiger charge is 1.87. The van der Waals surface area contributed by atoms with Gasteiger partial charge in [-0.3, -0.25) is 0 Å². The van der Waals surface area contributed by atoms with Crippen molar-refractivity contribution in [2.24, 2.45) is 0 Å². The molecule has 0 saturated heterocycles. The maximum atomic E-state index is 5.51. The third-order valence-electron chi connectivity index (χ3n) is 2.39. The monoisotopic (exact) mass is 233 g/mol. The van der Waals surface area contributed by atoms with Crippen LogP contribution in [0.2, 0.25) is 0 Å². The summed E-state index contributed by atoms with van der Waals surface area (Å²) >= 11 is 0. The predicted molar refractivity (Wildman–Crippen MR) is 74.1 cm³/mol. The number of nitrogens with one attached hydrogen (secondary N) is 1. The summed E-state index contributed by atoms with van der Waals surface area (Å²) in [5.41, 5.74) is 1.22. The molecule has 0 aliphatic carbocycles. The molecule has 0 aliphatic rings. The van der Waals surface area contributed by atoms with Crippen LogP contribution in [-0.4, -0.2) is 26.3 Å². The van der Waals surface area contributed by atoms with E-state index in [-0.39, 0.29) is 0 Å². The third kappa shape index (κ3) is 7.72. The number of ether oxygens (including phenoxy) is 1. The molecule has 0 spiro atoms. The van der Waals surface area contributed by atoms with Crippen molar-refractivity contribution in [3.05, 3.63) is 42.0 Å². The molecule has 0 atom stereocenters. The first kappa shape index (κ1) is 13.9. The highest BCUT2D eigenvalue weighted by molar-refractivity contribution is 5.48. The van der Waals surface area contributed by atoms with Gasteiger partial charge in [-0.25, -0.2) is 0 Å². The topological polar surface area (TPSA) is 21.3 Å². The maximum absolute atomic E-state index is 5.51. The fourth-order valence-corrected chi connectivity index (χ4v) is 1.50. The van der Waals surface area contributed by atoms with Crippen LogP contribution in [-0.2, 0) is 4.74 Å². The van der Waals surface area contributed by atoms with E-state index in [0.717, 1.165) is 26.1 Å². The molecule has 0 bridgehead atoms. The van der Waals surface area contributed by atoms with Crippen molar-refractivity contribution in [3.63, 3.8) is 0 Å². The minimum Gasteiger partial charge on any atom is -0.377 e. The second kappa shape index (κ2) is 10.1. The zero-order chi connectivity index (χ0) is 12.2. The van der Waals surface area contributed by atoms with Gasteiger partial charge in [-0.05, 0) is 31.5 Å². The Morgan fingerprint density at radius 3 is 2.76 bits per heavy atom. The van der Waals surface area contributed by atoms with Gasteiger partial charge in [0, 0.05) is 6.61 Å². The molecule has 1 aromatic carbocycles. The van der Waals surface area contributed by atoms with Gasteiger partial charge in [0.25, 0.3) is 0 Å². The van der Waals surface area contributed by atoms with E-state index < -0.39 is 0 Å². The summed E-state index contributed by atoms with van der Waals surface area (Å²) in [6.45, 7) is 5.86. The van der Waals surface area contributed by atoms with Gasteiger partial charge in [0.1, 0.15) is 0 Å². The Morgan fingerprint density at radius 1 is 1.18 bits per heavy atom. The largest absolute Gasteiger partial charge is 0.377 e. The lowest BCUT2D eigenvalue weighted by Gasteiger charge is -2.02. The molecular formula is C15H23NO. The summed E-state index contributed by atoms with van der Waals surface area (Å²) in [6, 6.07) is 10.3. The number of hydrogen-bond acceptors (Lipinski definition) is 2. The Hall–Kier alpha value is -1.12. The van der Waals surface area contributed by atoms with Gasteiger partial charge in [-0.15, -0.1) is 0 Å². The smallest absolute Gasteiger partial charge is 0.0650 e. The van der Waals surface area contributed by atoms with Crippen molar-refractivity contribution in [1.29, 1.82) is 0 Å². The molecule has 94 valence electrons. The van der Waals surface area contributed by atoms with Crippen LogP contribution in [0.3, 0.4) is 0 Å². The molecule has 0 saturated carbocycles. The van der Waals surface area contributed by atoms with E-state index in [0.29, 0.717) is 6.61 Å². The maximum Gasteiger partial charge on any atom is 0.0650 e. The minimum atomic E-state index is 0.697. The lowest BCUT2D eigenvalue weighted by Crippen LogP contribution is -2.17. The standard InChI is InChI=1S/C15H23NO/c1-2-11-16-12-7-14-17-13-6-10-15-8-4-3-5-9-15/h3-6,8-10,16H,2,7,11-14H2,1H3. The molecule has 2 nitrogen and oxygen atoms in total. The van der Waals surface area contributed by atoms with Crippen LogP contribution in [0.5, 0.6) is 0 Å². The van der Waals surface area contributed by atoms with Crippen molar-refractivity contribution in [3.8, 4) is 0 Å². The van der Waals surface area contributed by atoms with Crippen LogP contribution in [0.15, 0.2) is 36.4 Å². The van der Waals surface area contributed by atoms with E-state index in [4.69, 9.17) is 4.74 Å². The highest BCUT2D eigenvalue weighted by Crippen LogP contribution is 2.00. The van der Waals surface area contributed by atoms with Gasteiger partial charge >= 0.3 is 0 Å². The summed E-state index contributed by atoms with van der Waals surface area (Å²) in [6.07, 6.45) is 6.43. The first-order valence-corrected chi connectivity index (χ1v) is 6.43. The molecule has 0 radical (unpaired) electrons. The number of hydrogen-bond donors (Lipinski definition) is 1. The molecule has 0 aromatic heterocycles. The Balaban J connectivity index is 1.95. The fourth-order valence-electron chi connectivity index (χ4n) is 1.50. The zero-order valence-electron chi connectivity index (χ0n) is 10.7. The second-order valence-electron chi connectivity index (χ2n) is 3.99. The van der Waals surface area contributed by atoms with Crippen LogP contribution in [0.4, 0.5) is 0 Å². The molecule has 0 fully saturated rings. The average Bonchev–Trinajstić information content (AvgIpc) is 2.38.